The first-order valence-corrected chi connectivity index (χ1v) is 33.1. The van der Waals surface area contributed by atoms with Crippen LogP contribution in [0.1, 0.15) is 62.3 Å². The van der Waals surface area contributed by atoms with E-state index >= 15 is 0 Å². The number of rotatable bonds is 11. The lowest BCUT2D eigenvalue weighted by atomic mass is 10.2. The molecule has 0 bridgehead atoms. The number of fused-ring (bicyclic) bond motifs is 3. The number of alkyl halides is 1. The Bertz CT molecular complexity index is 2260. The molecule has 0 atom stereocenters. The van der Waals surface area contributed by atoms with E-state index in [-0.39, 0.29) is 10.1 Å². The van der Waals surface area contributed by atoms with Gasteiger partial charge < -0.3 is 13.3 Å². The molecule has 3 aromatic heterocycles. The van der Waals surface area contributed by atoms with Gasteiger partial charge in [-0.2, -0.15) is 15.3 Å². The van der Waals surface area contributed by atoms with Crippen molar-refractivity contribution in [3.63, 3.8) is 0 Å². The van der Waals surface area contributed by atoms with E-state index in [2.05, 4.69) is 216 Å². The molecule has 1 N–H and O–H groups in total. The zero-order valence-corrected chi connectivity index (χ0v) is 48.5. The van der Waals surface area contributed by atoms with E-state index < -0.39 is 25.0 Å². The van der Waals surface area contributed by atoms with Crippen LogP contribution >= 0.6 is 63.7 Å². The van der Waals surface area contributed by atoms with E-state index in [1.807, 2.05) is 45.9 Å². The van der Waals surface area contributed by atoms with E-state index in [0.717, 1.165) is 84.4 Å². The van der Waals surface area contributed by atoms with Gasteiger partial charge in [0.25, 0.3) is 0 Å². The van der Waals surface area contributed by atoms with Crippen molar-refractivity contribution in [2.24, 2.45) is 0 Å². The quantitative estimate of drug-likeness (QED) is 0.103. The highest BCUT2D eigenvalue weighted by molar-refractivity contribution is 9.11. The fourth-order valence-electron chi connectivity index (χ4n) is 5.04. The highest BCUT2D eigenvalue weighted by atomic mass is 79.9. The van der Waals surface area contributed by atoms with Crippen molar-refractivity contribution in [2.75, 3.05) is 25.2 Å². The van der Waals surface area contributed by atoms with Crippen LogP contribution in [0.15, 0.2) is 86.6 Å². The fraction of sp³-hybridized carbons (Fsp3) is 0.533. The second-order valence-corrected chi connectivity index (χ2v) is 37.8. The minimum Gasteiger partial charge on any atom is -0.416 e. The van der Waals surface area contributed by atoms with Crippen molar-refractivity contribution in [2.45, 2.75) is 130 Å². The van der Waals surface area contributed by atoms with Gasteiger partial charge in [0.15, 0.2) is 25.0 Å². The molecule has 0 spiro atoms. The van der Waals surface area contributed by atoms with Gasteiger partial charge in [-0.1, -0.05) is 126 Å². The summed E-state index contributed by atoms with van der Waals surface area (Å²) in [5.74, 6) is 0. The van der Waals surface area contributed by atoms with Crippen molar-refractivity contribution in [1.29, 1.82) is 0 Å². The smallest absolute Gasteiger partial charge is 0.192 e. The molecule has 0 aliphatic heterocycles. The average molecular weight is 1150 g/mol. The zero-order chi connectivity index (χ0) is 46.0. The molecular weight excluding hydrogens is 1080 g/mol. The van der Waals surface area contributed by atoms with Crippen molar-refractivity contribution >= 4 is 121 Å². The maximum atomic E-state index is 6.21. The zero-order valence-electron chi connectivity index (χ0n) is 39.1. The van der Waals surface area contributed by atoms with Gasteiger partial charge in [-0.25, -0.2) is 0 Å². The number of aromatic amines is 1. The first-order valence-electron chi connectivity index (χ1n) is 20.9. The van der Waals surface area contributed by atoms with Crippen LogP contribution in [-0.4, -0.2) is 79.9 Å². The van der Waals surface area contributed by atoms with Crippen LogP contribution in [0.25, 0.3) is 32.7 Å². The molecule has 61 heavy (non-hydrogen) atoms. The lowest BCUT2D eigenvalue weighted by molar-refractivity contribution is 0.266. The molecule has 0 saturated carbocycles. The van der Waals surface area contributed by atoms with Crippen molar-refractivity contribution < 1.29 is 13.3 Å². The topological polar surface area (TPSA) is 92.0 Å². The Balaban J connectivity index is 0.000000227. The van der Waals surface area contributed by atoms with Crippen LogP contribution in [0.2, 0.25) is 54.4 Å². The molecule has 3 heterocycles. The first kappa shape index (κ1) is 53.9. The number of nitrogens with zero attached hydrogens (tertiary/aromatic N) is 5. The van der Waals surface area contributed by atoms with Gasteiger partial charge in [-0.05, 0) is 109 Å². The third-order valence-electron chi connectivity index (χ3n) is 12.0. The Morgan fingerprint density at radius 3 is 1.61 bits per heavy atom. The number of nitrogens with one attached hydrogen (secondary N) is 1. The summed E-state index contributed by atoms with van der Waals surface area (Å²) >= 11 is 13.7. The predicted octanol–water partition coefficient (Wildman–Crippen LogP) is 15.4. The largest absolute Gasteiger partial charge is 0.416 e. The Morgan fingerprint density at radius 1 is 0.590 bits per heavy atom. The predicted molar refractivity (Wildman–Crippen MR) is 282 cm³/mol. The van der Waals surface area contributed by atoms with Crippen molar-refractivity contribution in [3.8, 4) is 0 Å². The molecule has 6 rings (SSSR count). The summed E-state index contributed by atoms with van der Waals surface area (Å²) in [6, 6.07) is 18.4. The Kier molecular flexibility index (Phi) is 20.0. The highest BCUT2D eigenvalue weighted by Crippen LogP contribution is 2.38. The van der Waals surface area contributed by atoms with Crippen LogP contribution < -0.4 is 0 Å². The van der Waals surface area contributed by atoms with E-state index in [4.69, 9.17) is 13.3 Å². The van der Waals surface area contributed by atoms with E-state index in [1.54, 1.807) is 6.20 Å². The lowest BCUT2D eigenvalue weighted by Gasteiger charge is -2.36. The van der Waals surface area contributed by atoms with Crippen molar-refractivity contribution in [1.82, 2.24) is 29.8 Å². The maximum absolute atomic E-state index is 6.21. The molecule has 338 valence electrons. The second-order valence-electron chi connectivity index (χ2n) is 19.8. The molecule has 0 amide bonds. The molecule has 0 aliphatic carbocycles. The van der Waals surface area contributed by atoms with Gasteiger partial charge in [0, 0.05) is 47.7 Å². The summed E-state index contributed by atoms with van der Waals surface area (Å²) in [5.41, 5.74) is 3.26. The maximum Gasteiger partial charge on any atom is 0.192 e. The fourth-order valence-corrected chi connectivity index (χ4v) is 9.75. The second kappa shape index (κ2) is 22.6. The minimum absolute atomic E-state index is 0.254. The van der Waals surface area contributed by atoms with Gasteiger partial charge in [-0.3, -0.25) is 14.5 Å². The first-order chi connectivity index (χ1) is 28.1. The van der Waals surface area contributed by atoms with Gasteiger partial charge >= 0.3 is 0 Å². The van der Waals surface area contributed by atoms with Crippen LogP contribution in [0.5, 0.6) is 0 Å². The summed E-state index contributed by atoms with van der Waals surface area (Å²) < 4.78 is 25.5. The van der Waals surface area contributed by atoms with Gasteiger partial charge in [0.1, 0.15) is 0 Å². The molecule has 0 unspecified atom stereocenters. The number of aromatic nitrogens is 6. The normalized spacial score (nSPS) is 12.8. The molecule has 0 saturated heterocycles. The number of halogens is 4. The van der Waals surface area contributed by atoms with Gasteiger partial charge in [-0.15, -0.1) is 0 Å². The summed E-state index contributed by atoms with van der Waals surface area (Å²) in [5, 5.41) is 21.0. The highest BCUT2D eigenvalue weighted by Gasteiger charge is 2.38. The summed E-state index contributed by atoms with van der Waals surface area (Å²) in [4.78, 5) is 0. The molecule has 3 aromatic carbocycles. The third-order valence-corrected chi connectivity index (χ3v) is 27.4. The molecule has 0 radical (unpaired) electrons. The summed E-state index contributed by atoms with van der Waals surface area (Å²) in [6.45, 7) is 37.9. The van der Waals surface area contributed by atoms with Crippen LogP contribution in [0.4, 0.5) is 0 Å². The number of hydrogen-bond acceptors (Lipinski definition) is 6. The molecule has 6 aromatic rings. The third kappa shape index (κ3) is 16.5. The molecule has 16 heteroatoms. The average Bonchev–Trinajstić information content (AvgIpc) is 3.88. The van der Waals surface area contributed by atoms with Gasteiger partial charge in [0.2, 0.25) is 0 Å². The molecule has 9 nitrogen and oxygen atoms in total. The number of H-pyrrole nitrogens is 1. The van der Waals surface area contributed by atoms with E-state index in [0.29, 0.717) is 5.04 Å². The summed E-state index contributed by atoms with van der Waals surface area (Å²) in [6.07, 6.45) is 5.79. The van der Waals surface area contributed by atoms with Crippen molar-refractivity contribution in [3.05, 3.63) is 86.6 Å². The molecule has 0 aliphatic rings. The SMILES string of the molecule is Brc1ccc2[nH]ncc2c1.CC(C)(C)[Si](C)(C)OCCBr.CC(C)(C)[Si](C)(C)OCCn1cc2cc(Br)ccc2n1.CC(C)(C)[Si](C)(C)OCCn1ncc2cc(Br)ccc21. The Hall–Kier alpha value is -1.48. The number of benzene rings is 3. The molecular formula is C45H70Br4N6O3Si3. The Labute approximate surface area is 402 Å². The van der Waals surface area contributed by atoms with Crippen LogP contribution in [0, 0.1) is 0 Å². The standard InChI is InChI=1S/2C15H23BrN2OSi.C8H19BrOSi.C7H5BrN2/c1-15(2,3)20(4,5)19-9-8-18-11-12-10-13(16)6-7-14(12)17-18;1-15(2,3)20(4,5)19-9-8-18-14-7-6-13(16)10-12(14)11-17-18;1-8(2,3)11(4,5)10-7-6-9;8-6-1-2-7-5(3-6)4-9-10-7/h2*6-7,10-11H,8-9H2,1-5H3;6-7H2,1-5H3;1-4H,(H,9,10). The summed E-state index contributed by atoms with van der Waals surface area (Å²) in [7, 11) is -4.77. The Morgan fingerprint density at radius 2 is 1.07 bits per heavy atom. The van der Waals surface area contributed by atoms with Crippen LogP contribution in [0.3, 0.4) is 0 Å². The monoisotopic (exact) mass is 1140 g/mol. The van der Waals surface area contributed by atoms with Crippen LogP contribution in [-0.2, 0) is 26.4 Å². The minimum atomic E-state index is -1.66. The van der Waals surface area contributed by atoms with E-state index in [9.17, 15) is 0 Å². The molecule has 0 fully saturated rings. The van der Waals surface area contributed by atoms with Gasteiger partial charge in [0.05, 0.1) is 55.2 Å². The number of hydrogen-bond donors (Lipinski definition) is 1. The lowest BCUT2D eigenvalue weighted by Crippen LogP contribution is -2.41. The van der Waals surface area contributed by atoms with E-state index in [1.165, 1.54) is 0 Å².